The molecule has 0 aromatic heterocycles. The van der Waals surface area contributed by atoms with Gasteiger partial charge in [-0.2, -0.15) is 0 Å². The Bertz CT molecular complexity index is 801. The summed E-state index contributed by atoms with van der Waals surface area (Å²) in [7, 11) is -3.97. The van der Waals surface area contributed by atoms with Gasteiger partial charge in [-0.3, -0.25) is 10.2 Å². The molecule has 8 heteroatoms. The summed E-state index contributed by atoms with van der Waals surface area (Å²) in [5.74, 6) is -0.565. The van der Waals surface area contributed by atoms with Crippen LogP contribution in [-0.4, -0.2) is 14.3 Å². The second-order valence-corrected chi connectivity index (χ2v) is 7.27. The Morgan fingerprint density at radius 3 is 2.13 bits per heavy atom. The minimum Gasteiger partial charge on any atom is -0.273 e. The first-order valence-corrected chi connectivity index (χ1v) is 8.93. The van der Waals surface area contributed by atoms with Crippen molar-refractivity contribution in [1.29, 1.82) is 0 Å². The van der Waals surface area contributed by atoms with Gasteiger partial charge >= 0.3 is 0 Å². The molecule has 2 rings (SSSR count). The molecule has 0 aliphatic heterocycles. The minimum atomic E-state index is -3.97. The molecule has 0 bridgehead atoms. The number of hydrogen-bond donors (Lipinski definition) is 2. The van der Waals surface area contributed by atoms with Crippen LogP contribution in [0.3, 0.4) is 0 Å². The van der Waals surface area contributed by atoms with Crippen LogP contribution in [0.25, 0.3) is 0 Å². The fourth-order valence-corrected chi connectivity index (χ4v) is 3.38. The second kappa shape index (κ2) is 7.31. The van der Waals surface area contributed by atoms with E-state index in [9.17, 15) is 13.2 Å². The molecule has 2 N–H and O–H groups in total. The Morgan fingerprint density at radius 1 is 1.04 bits per heavy atom. The average molecular weight is 373 g/mol. The number of hydrogen-bond acceptors (Lipinski definition) is 3. The Hall–Kier alpha value is -1.60. The molecule has 0 aliphatic rings. The minimum absolute atomic E-state index is 0.142. The Labute approximate surface area is 144 Å². The van der Waals surface area contributed by atoms with Gasteiger partial charge in [0.25, 0.3) is 15.9 Å². The maximum Gasteiger partial charge on any atom is 0.266 e. The van der Waals surface area contributed by atoms with Gasteiger partial charge in [-0.25, -0.2) is 8.42 Å². The predicted molar refractivity (Wildman–Crippen MR) is 90.1 cm³/mol. The third kappa shape index (κ3) is 4.68. The number of carbonyl (C=O) groups is 1. The number of carbonyl (C=O) groups excluding carboxylic acids is 1. The predicted octanol–water partition coefficient (Wildman–Crippen LogP) is 3.18. The lowest BCUT2D eigenvalue weighted by atomic mass is 10.1. The summed E-state index contributed by atoms with van der Waals surface area (Å²) in [5.41, 5.74) is 3.57. The maximum atomic E-state index is 12.1. The fraction of sp³-hybridized carbons (Fsp3) is 0.133. The van der Waals surface area contributed by atoms with Crippen molar-refractivity contribution in [3.63, 3.8) is 0 Å². The van der Waals surface area contributed by atoms with Crippen molar-refractivity contribution in [1.82, 2.24) is 10.3 Å². The number of nitrogens with one attached hydrogen (secondary N) is 2. The highest BCUT2D eigenvalue weighted by Gasteiger charge is 2.17. The normalized spacial score (nSPS) is 11.3. The van der Waals surface area contributed by atoms with E-state index >= 15 is 0 Å². The highest BCUT2D eigenvalue weighted by molar-refractivity contribution is 7.89. The van der Waals surface area contributed by atoms with E-state index in [0.29, 0.717) is 5.56 Å². The van der Waals surface area contributed by atoms with E-state index in [-0.39, 0.29) is 14.9 Å². The zero-order valence-electron chi connectivity index (χ0n) is 12.1. The first kappa shape index (κ1) is 17.7. The van der Waals surface area contributed by atoms with Crippen LogP contribution in [0, 0.1) is 0 Å². The first-order chi connectivity index (χ1) is 10.8. The molecular weight excluding hydrogens is 359 g/mol. The first-order valence-electron chi connectivity index (χ1n) is 6.69. The van der Waals surface area contributed by atoms with Gasteiger partial charge in [-0.05, 0) is 42.3 Å². The van der Waals surface area contributed by atoms with Crippen LogP contribution in [0.1, 0.15) is 22.8 Å². The van der Waals surface area contributed by atoms with E-state index in [1.165, 1.54) is 18.2 Å². The van der Waals surface area contributed by atoms with Crippen LogP contribution in [-0.2, 0) is 16.4 Å². The standard InChI is InChI=1S/C15H14Cl2N2O3S/c1-2-10-3-5-11(6-4-10)15(20)18-19-23(21,22)14-8-12(16)7-13(17)9-14/h3-9,19H,2H2,1H3,(H,18,20). The molecule has 0 radical (unpaired) electrons. The molecule has 0 atom stereocenters. The van der Waals surface area contributed by atoms with Gasteiger partial charge in [0.05, 0.1) is 4.90 Å². The van der Waals surface area contributed by atoms with Crippen molar-refractivity contribution in [3.05, 3.63) is 63.6 Å². The average Bonchev–Trinajstić information content (AvgIpc) is 2.52. The summed E-state index contributed by atoms with van der Waals surface area (Å²) >= 11 is 11.6. The SMILES string of the molecule is CCc1ccc(C(=O)NNS(=O)(=O)c2cc(Cl)cc(Cl)c2)cc1. The van der Waals surface area contributed by atoms with Gasteiger partial charge in [0.1, 0.15) is 0 Å². The molecule has 0 fully saturated rings. The van der Waals surface area contributed by atoms with Crippen molar-refractivity contribution in [2.24, 2.45) is 0 Å². The molecule has 2 aromatic carbocycles. The van der Waals surface area contributed by atoms with E-state index in [4.69, 9.17) is 23.2 Å². The fourth-order valence-electron chi connectivity index (χ4n) is 1.82. The summed E-state index contributed by atoms with van der Waals surface area (Å²) in [6.07, 6.45) is 0.851. The van der Waals surface area contributed by atoms with Gasteiger partial charge in [-0.1, -0.05) is 42.3 Å². The Kier molecular flexibility index (Phi) is 5.64. The molecule has 23 heavy (non-hydrogen) atoms. The number of benzene rings is 2. The maximum absolute atomic E-state index is 12.1. The van der Waals surface area contributed by atoms with Gasteiger partial charge in [0.15, 0.2) is 0 Å². The molecule has 0 aliphatic carbocycles. The quantitative estimate of drug-likeness (QED) is 0.791. The third-order valence-electron chi connectivity index (χ3n) is 3.07. The molecule has 2 aromatic rings. The topological polar surface area (TPSA) is 75.3 Å². The number of halogens is 2. The van der Waals surface area contributed by atoms with Crippen LogP contribution < -0.4 is 10.3 Å². The van der Waals surface area contributed by atoms with E-state index in [1.54, 1.807) is 24.3 Å². The van der Waals surface area contributed by atoms with E-state index in [1.807, 2.05) is 11.8 Å². The number of rotatable bonds is 5. The molecule has 0 spiro atoms. The lowest BCUT2D eigenvalue weighted by molar-refractivity contribution is 0.0945. The summed E-state index contributed by atoms with van der Waals surface area (Å²) < 4.78 is 24.3. The van der Waals surface area contributed by atoms with Gasteiger partial charge in [-0.15, -0.1) is 4.83 Å². The lowest BCUT2D eigenvalue weighted by Gasteiger charge is -2.09. The van der Waals surface area contributed by atoms with E-state index in [0.717, 1.165) is 12.0 Å². The van der Waals surface area contributed by atoms with Crippen LogP contribution >= 0.6 is 23.2 Å². The van der Waals surface area contributed by atoms with Crippen molar-refractivity contribution in [3.8, 4) is 0 Å². The van der Waals surface area contributed by atoms with Crippen LogP contribution in [0.4, 0.5) is 0 Å². The molecule has 0 saturated carbocycles. The molecular formula is C15H14Cl2N2O3S. The van der Waals surface area contributed by atoms with Crippen LogP contribution in [0.15, 0.2) is 47.4 Å². The lowest BCUT2D eigenvalue weighted by Crippen LogP contribution is -2.41. The molecule has 122 valence electrons. The van der Waals surface area contributed by atoms with Crippen molar-refractivity contribution < 1.29 is 13.2 Å². The summed E-state index contributed by atoms with van der Waals surface area (Å²) in [5, 5.41) is 0.360. The monoisotopic (exact) mass is 372 g/mol. The van der Waals surface area contributed by atoms with Crippen molar-refractivity contribution in [2.75, 3.05) is 0 Å². The Balaban J connectivity index is 2.10. The number of sulfonamides is 1. The number of hydrazine groups is 1. The third-order valence-corrected chi connectivity index (χ3v) is 4.73. The van der Waals surface area contributed by atoms with E-state index in [2.05, 4.69) is 5.43 Å². The largest absolute Gasteiger partial charge is 0.273 e. The van der Waals surface area contributed by atoms with Gasteiger partial charge < -0.3 is 0 Å². The molecule has 0 unspecified atom stereocenters. The van der Waals surface area contributed by atoms with Crippen LogP contribution in [0.2, 0.25) is 10.0 Å². The summed E-state index contributed by atoms with van der Waals surface area (Å²) in [4.78, 5) is 13.8. The molecule has 5 nitrogen and oxygen atoms in total. The van der Waals surface area contributed by atoms with Crippen LogP contribution in [0.5, 0.6) is 0 Å². The molecule has 0 heterocycles. The summed E-state index contributed by atoms with van der Waals surface area (Å²) in [6.45, 7) is 2.00. The second-order valence-electron chi connectivity index (χ2n) is 4.72. The zero-order valence-corrected chi connectivity index (χ0v) is 14.5. The summed E-state index contributed by atoms with van der Waals surface area (Å²) in [6, 6.07) is 10.7. The molecule has 1 amide bonds. The smallest absolute Gasteiger partial charge is 0.266 e. The van der Waals surface area contributed by atoms with Crippen molar-refractivity contribution >= 4 is 39.1 Å². The highest BCUT2D eigenvalue weighted by Crippen LogP contribution is 2.21. The van der Waals surface area contributed by atoms with Gasteiger partial charge in [0.2, 0.25) is 0 Å². The zero-order chi connectivity index (χ0) is 17.0. The Morgan fingerprint density at radius 2 is 1.61 bits per heavy atom. The number of aryl methyl sites for hydroxylation is 1. The van der Waals surface area contributed by atoms with Crippen molar-refractivity contribution in [2.45, 2.75) is 18.2 Å². The number of amides is 1. The van der Waals surface area contributed by atoms with Gasteiger partial charge in [0, 0.05) is 15.6 Å². The van der Waals surface area contributed by atoms with E-state index < -0.39 is 15.9 Å². The highest BCUT2D eigenvalue weighted by atomic mass is 35.5. The molecule has 0 saturated heterocycles.